The Morgan fingerprint density at radius 1 is 1.03 bits per heavy atom. The van der Waals surface area contributed by atoms with Crippen LogP contribution in [0.3, 0.4) is 0 Å². The molecular weight excluding hydrogens is 392 g/mol. The average Bonchev–Trinajstić information content (AvgIpc) is 3.09. The van der Waals surface area contributed by atoms with Crippen molar-refractivity contribution in [3.05, 3.63) is 0 Å². The molecule has 10 atom stereocenters. The summed E-state index contributed by atoms with van der Waals surface area (Å²) in [4.78, 5) is 11.9. The van der Waals surface area contributed by atoms with Crippen molar-refractivity contribution in [2.45, 2.75) is 97.2 Å². The number of aliphatic hydroxyl groups is 3. The summed E-state index contributed by atoms with van der Waals surface area (Å²) in [6.07, 6.45) is 9.40. The molecule has 4 saturated carbocycles. The smallest absolute Gasteiger partial charge is 0.305 e. The number of carbonyl (C=O) groups is 1. The van der Waals surface area contributed by atoms with E-state index in [2.05, 4.69) is 20.8 Å². The molecule has 4 fully saturated rings. The highest BCUT2D eigenvalue weighted by Gasteiger charge is 2.62. The van der Waals surface area contributed by atoms with Crippen LogP contribution in [0.4, 0.5) is 0 Å². The number of ether oxygens (including phenoxy) is 1. The molecule has 0 spiro atoms. The predicted octanol–water partition coefficient (Wildman–Crippen LogP) is 3.93. The molecule has 0 bridgehead atoms. The first-order valence-corrected chi connectivity index (χ1v) is 12.8. The molecule has 4 aliphatic carbocycles. The molecule has 0 aromatic rings. The van der Waals surface area contributed by atoms with Gasteiger partial charge in [-0.1, -0.05) is 20.8 Å². The maximum atomic E-state index is 11.9. The summed E-state index contributed by atoms with van der Waals surface area (Å²) in [5, 5.41) is 30.4. The lowest BCUT2D eigenvalue weighted by molar-refractivity contribution is -0.174. The predicted molar refractivity (Wildman–Crippen MR) is 119 cm³/mol. The number of esters is 1. The van der Waals surface area contributed by atoms with Crippen molar-refractivity contribution >= 4 is 5.97 Å². The van der Waals surface area contributed by atoms with E-state index in [4.69, 9.17) is 9.84 Å². The topological polar surface area (TPSA) is 87.0 Å². The third-order valence-electron chi connectivity index (χ3n) is 10.6. The van der Waals surface area contributed by atoms with Gasteiger partial charge in [0.1, 0.15) is 6.61 Å². The summed E-state index contributed by atoms with van der Waals surface area (Å²) in [7, 11) is 0. The van der Waals surface area contributed by atoms with Crippen molar-refractivity contribution in [1.29, 1.82) is 0 Å². The van der Waals surface area contributed by atoms with Crippen molar-refractivity contribution in [2.75, 3.05) is 13.2 Å². The van der Waals surface area contributed by atoms with Gasteiger partial charge in [0.05, 0.1) is 18.8 Å². The molecule has 0 aromatic heterocycles. The molecule has 178 valence electrons. The maximum absolute atomic E-state index is 11.9. The first-order chi connectivity index (χ1) is 14.7. The van der Waals surface area contributed by atoms with Crippen molar-refractivity contribution in [1.82, 2.24) is 0 Å². The minimum Gasteiger partial charge on any atom is -0.463 e. The molecule has 3 N–H and O–H groups in total. The number of aliphatic hydroxyl groups excluding tert-OH is 3. The lowest BCUT2D eigenvalue weighted by atomic mass is 9.43. The summed E-state index contributed by atoms with van der Waals surface area (Å²) in [5.74, 6) is 2.84. The van der Waals surface area contributed by atoms with E-state index in [1.165, 1.54) is 25.7 Å². The van der Waals surface area contributed by atoms with Crippen LogP contribution in [0, 0.1) is 46.3 Å². The van der Waals surface area contributed by atoms with Gasteiger partial charge in [-0.25, -0.2) is 0 Å². The van der Waals surface area contributed by atoms with Gasteiger partial charge in [-0.15, -0.1) is 0 Å². The number of fused-ring (bicyclic) bond motifs is 5. The van der Waals surface area contributed by atoms with Crippen LogP contribution in [-0.2, 0) is 9.53 Å². The van der Waals surface area contributed by atoms with Crippen LogP contribution in [0.1, 0.15) is 85.0 Å². The molecule has 0 aliphatic heterocycles. The Hall–Kier alpha value is -0.650. The minimum absolute atomic E-state index is 0.0914. The molecular formula is C26H44O5. The molecule has 4 aliphatic rings. The Kier molecular flexibility index (Phi) is 6.78. The van der Waals surface area contributed by atoms with Crippen LogP contribution in [0.15, 0.2) is 0 Å². The molecule has 0 radical (unpaired) electrons. The summed E-state index contributed by atoms with van der Waals surface area (Å²) in [6.45, 7) is 7.20. The number of hydrogen-bond donors (Lipinski definition) is 3. The summed E-state index contributed by atoms with van der Waals surface area (Å²) in [5.41, 5.74) is 0.512. The minimum atomic E-state index is -0.236. The van der Waals surface area contributed by atoms with E-state index in [1.807, 2.05) is 0 Å². The van der Waals surface area contributed by atoms with Crippen molar-refractivity contribution < 1.29 is 24.9 Å². The summed E-state index contributed by atoms with van der Waals surface area (Å²) >= 11 is 0. The summed E-state index contributed by atoms with van der Waals surface area (Å²) < 4.78 is 5.05. The molecule has 5 heteroatoms. The van der Waals surface area contributed by atoms with Crippen LogP contribution in [-0.4, -0.2) is 46.7 Å². The van der Waals surface area contributed by atoms with Crippen LogP contribution in [0.2, 0.25) is 0 Å². The van der Waals surface area contributed by atoms with Crippen LogP contribution < -0.4 is 0 Å². The zero-order valence-electron chi connectivity index (χ0n) is 19.8. The lowest BCUT2D eigenvalue weighted by Gasteiger charge is -2.62. The third kappa shape index (κ3) is 4.08. The first-order valence-electron chi connectivity index (χ1n) is 12.8. The average molecular weight is 437 g/mol. The van der Waals surface area contributed by atoms with Gasteiger partial charge in [0.25, 0.3) is 0 Å². The van der Waals surface area contributed by atoms with E-state index in [0.717, 1.165) is 32.1 Å². The molecule has 0 heterocycles. The second kappa shape index (κ2) is 8.95. The standard InChI is InChI=1S/C26H44O5/c1-16(4-7-23(30)31-13-12-27)19-5-6-20-24-21(9-11-26(19,20)3)25(2)10-8-18(28)14-17(25)15-22(24)29/h16-22,24,27-29H,4-15H2,1-3H3/t16-,17?,18-,19-,20?,21?,22-,24?,25+,26-/m1/s1. The number of hydrogen-bond acceptors (Lipinski definition) is 5. The fourth-order valence-electron chi connectivity index (χ4n) is 8.95. The Balaban J connectivity index is 1.46. The monoisotopic (exact) mass is 436 g/mol. The summed E-state index contributed by atoms with van der Waals surface area (Å²) in [6, 6.07) is 0. The Labute approximate surface area is 187 Å². The third-order valence-corrected chi connectivity index (χ3v) is 10.6. The van der Waals surface area contributed by atoms with Gasteiger partial charge in [0.15, 0.2) is 0 Å². The fourth-order valence-corrected chi connectivity index (χ4v) is 8.95. The van der Waals surface area contributed by atoms with Crippen LogP contribution in [0.25, 0.3) is 0 Å². The highest BCUT2D eigenvalue weighted by Crippen LogP contribution is 2.68. The van der Waals surface area contributed by atoms with Gasteiger partial charge >= 0.3 is 5.97 Å². The van der Waals surface area contributed by atoms with Crippen LogP contribution in [0.5, 0.6) is 0 Å². The molecule has 0 saturated heterocycles. The zero-order chi connectivity index (χ0) is 22.4. The quantitative estimate of drug-likeness (QED) is 0.549. The van der Waals surface area contributed by atoms with Gasteiger partial charge in [0.2, 0.25) is 0 Å². The molecule has 0 amide bonds. The second-order valence-corrected chi connectivity index (χ2v) is 11.9. The van der Waals surface area contributed by atoms with Gasteiger partial charge < -0.3 is 20.1 Å². The molecule has 4 rings (SSSR count). The van der Waals surface area contributed by atoms with E-state index in [9.17, 15) is 15.0 Å². The van der Waals surface area contributed by atoms with E-state index in [-0.39, 0.29) is 42.2 Å². The molecule has 31 heavy (non-hydrogen) atoms. The van der Waals surface area contributed by atoms with Gasteiger partial charge in [-0.3, -0.25) is 4.79 Å². The van der Waals surface area contributed by atoms with Gasteiger partial charge in [-0.2, -0.15) is 0 Å². The zero-order valence-corrected chi connectivity index (χ0v) is 19.8. The number of carbonyl (C=O) groups excluding carboxylic acids is 1. The van der Waals surface area contributed by atoms with E-state index in [1.54, 1.807) is 0 Å². The van der Waals surface area contributed by atoms with Gasteiger partial charge in [0, 0.05) is 6.42 Å². The lowest BCUT2D eigenvalue weighted by Crippen LogP contribution is -2.58. The molecule has 5 nitrogen and oxygen atoms in total. The SMILES string of the molecule is C[C@H](CCC(=O)OCCO)[C@H]1CCC2C3C(CC[C@@]21C)[C@@]1(C)CC[C@@H](O)CC1C[C@H]3O. The van der Waals surface area contributed by atoms with E-state index >= 15 is 0 Å². The van der Waals surface area contributed by atoms with Crippen LogP contribution >= 0.6 is 0 Å². The van der Waals surface area contributed by atoms with E-state index in [0.29, 0.717) is 41.9 Å². The Morgan fingerprint density at radius 3 is 2.48 bits per heavy atom. The Morgan fingerprint density at radius 2 is 1.74 bits per heavy atom. The molecule has 0 aromatic carbocycles. The van der Waals surface area contributed by atoms with E-state index < -0.39 is 0 Å². The first kappa shape index (κ1) is 23.5. The van der Waals surface area contributed by atoms with Crippen molar-refractivity contribution in [2.24, 2.45) is 46.3 Å². The van der Waals surface area contributed by atoms with Crippen molar-refractivity contribution in [3.63, 3.8) is 0 Å². The maximum Gasteiger partial charge on any atom is 0.305 e. The molecule has 4 unspecified atom stereocenters. The largest absolute Gasteiger partial charge is 0.463 e. The van der Waals surface area contributed by atoms with Crippen molar-refractivity contribution in [3.8, 4) is 0 Å². The second-order valence-electron chi connectivity index (χ2n) is 11.9. The Bertz CT molecular complexity index is 652. The van der Waals surface area contributed by atoms with Gasteiger partial charge in [-0.05, 0) is 104 Å². The normalized spacial score (nSPS) is 47.7. The highest BCUT2D eigenvalue weighted by atomic mass is 16.5. The number of rotatable bonds is 6. The fraction of sp³-hybridized carbons (Fsp3) is 0.962. The highest BCUT2D eigenvalue weighted by molar-refractivity contribution is 5.69.